The van der Waals surface area contributed by atoms with Crippen LogP contribution in [0.1, 0.15) is 15.9 Å². The molecule has 0 aliphatic rings. The normalized spacial score (nSPS) is 10.1. The maximum Gasteiger partial charge on any atom is 0.339 e. The average Bonchev–Trinajstić information content (AvgIpc) is 2.15. The van der Waals surface area contributed by atoms with Crippen LogP contribution in [0.4, 0.5) is 5.69 Å². The van der Waals surface area contributed by atoms with Gasteiger partial charge in [-0.05, 0) is 12.5 Å². The van der Waals surface area contributed by atoms with E-state index >= 15 is 0 Å². The van der Waals surface area contributed by atoms with E-state index in [9.17, 15) is 9.90 Å². The van der Waals surface area contributed by atoms with Gasteiger partial charge in [0, 0.05) is 0 Å². The lowest BCUT2D eigenvalue weighted by Crippen LogP contribution is -2.06. The van der Waals surface area contributed by atoms with Gasteiger partial charge in [0.2, 0.25) is 0 Å². The molecule has 0 atom stereocenters. The molecule has 0 unspecified atom stereocenters. The van der Waals surface area contributed by atoms with Crippen LogP contribution in [0.2, 0.25) is 5.02 Å². The summed E-state index contributed by atoms with van der Waals surface area (Å²) < 4.78 is 4.78. The van der Waals surface area contributed by atoms with Gasteiger partial charge in [0.1, 0.15) is 10.6 Å². The van der Waals surface area contributed by atoms with Crippen LogP contribution in [0.25, 0.3) is 0 Å². The number of methoxy groups -OCH3 is 1. The second-order valence-electron chi connectivity index (χ2n) is 2.91. The minimum Gasteiger partial charge on any atom is -0.504 e. The fourth-order valence-corrected chi connectivity index (χ4v) is 1.57. The third-order valence-electron chi connectivity index (χ3n) is 2.08. The van der Waals surface area contributed by atoms with Crippen molar-refractivity contribution in [3.8, 4) is 11.5 Å². The Kier molecular flexibility index (Phi) is 2.95. The largest absolute Gasteiger partial charge is 0.504 e. The van der Waals surface area contributed by atoms with Gasteiger partial charge in [0.25, 0.3) is 0 Å². The number of nitrogen functional groups attached to an aromatic ring is 1. The lowest BCUT2D eigenvalue weighted by Gasteiger charge is -2.13. The topological polar surface area (TPSA) is 92.8 Å². The Morgan fingerprint density at radius 2 is 2.07 bits per heavy atom. The number of hydrogen-bond donors (Lipinski definition) is 3. The lowest BCUT2D eigenvalue weighted by atomic mass is 10.0. The van der Waals surface area contributed by atoms with E-state index in [0.29, 0.717) is 0 Å². The number of benzene rings is 1. The molecule has 0 fully saturated rings. The number of carbonyl (C=O) groups is 1. The summed E-state index contributed by atoms with van der Waals surface area (Å²) in [6.07, 6.45) is 0. The smallest absolute Gasteiger partial charge is 0.339 e. The Balaban J connectivity index is 3.68. The average molecular weight is 232 g/mol. The molecule has 0 spiro atoms. The van der Waals surface area contributed by atoms with Crippen molar-refractivity contribution >= 4 is 23.3 Å². The number of aromatic hydroxyl groups is 1. The van der Waals surface area contributed by atoms with Crippen LogP contribution in [-0.2, 0) is 0 Å². The molecule has 4 N–H and O–H groups in total. The van der Waals surface area contributed by atoms with Crippen LogP contribution < -0.4 is 10.5 Å². The molecule has 0 bridgehead atoms. The van der Waals surface area contributed by atoms with Gasteiger partial charge in [-0.2, -0.15) is 0 Å². The van der Waals surface area contributed by atoms with E-state index < -0.39 is 11.7 Å². The number of halogens is 1. The third-order valence-corrected chi connectivity index (χ3v) is 2.46. The van der Waals surface area contributed by atoms with Gasteiger partial charge >= 0.3 is 5.97 Å². The fourth-order valence-electron chi connectivity index (χ4n) is 1.26. The predicted octanol–water partition coefficient (Wildman–Crippen LogP) is 1.64. The van der Waals surface area contributed by atoms with Crippen molar-refractivity contribution in [1.82, 2.24) is 0 Å². The highest BCUT2D eigenvalue weighted by Gasteiger charge is 2.23. The van der Waals surface area contributed by atoms with E-state index in [0.717, 1.165) is 0 Å². The molecule has 0 aromatic heterocycles. The first-order chi connectivity index (χ1) is 6.91. The highest BCUT2D eigenvalue weighted by Crippen LogP contribution is 2.43. The molecule has 0 aliphatic heterocycles. The molecular formula is C9H10ClNO4. The van der Waals surface area contributed by atoms with E-state index in [1.54, 1.807) is 0 Å². The number of hydrogen-bond acceptors (Lipinski definition) is 4. The van der Waals surface area contributed by atoms with Crippen LogP contribution in [0.3, 0.4) is 0 Å². The van der Waals surface area contributed by atoms with Crippen molar-refractivity contribution in [3.05, 3.63) is 16.1 Å². The summed E-state index contributed by atoms with van der Waals surface area (Å²) >= 11 is 5.78. The minimum absolute atomic E-state index is 0.0116. The molecule has 1 aromatic carbocycles. The van der Waals surface area contributed by atoms with Crippen LogP contribution >= 0.6 is 11.6 Å². The van der Waals surface area contributed by atoms with E-state index in [1.165, 1.54) is 14.0 Å². The summed E-state index contributed by atoms with van der Waals surface area (Å²) in [7, 11) is 1.27. The first-order valence-corrected chi connectivity index (χ1v) is 4.37. The standard InChI is InChI=1S/C9H10ClNO4/c1-3-4(9(13)14)7(12)8(15-2)5(10)6(3)11/h12H,11H2,1-2H3,(H,13,14). The zero-order chi connectivity index (χ0) is 11.7. The Labute approximate surface area is 91.0 Å². The summed E-state index contributed by atoms with van der Waals surface area (Å²) in [5.41, 5.74) is 5.58. The summed E-state index contributed by atoms with van der Waals surface area (Å²) in [6.45, 7) is 1.46. The summed E-state index contributed by atoms with van der Waals surface area (Å²) in [5.74, 6) is -1.93. The maximum absolute atomic E-state index is 10.9. The first-order valence-electron chi connectivity index (χ1n) is 3.99. The summed E-state index contributed by atoms with van der Waals surface area (Å²) in [4.78, 5) is 10.9. The van der Waals surface area contributed by atoms with E-state index in [-0.39, 0.29) is 27.6 Å². The number of rotatable bonds is 2. The number of carboxylic acid groups (broad SMARTS) is 1. The molecule has 5 nitrogen and oxygen atoms in total. The number of aromatic carboxylic acids is 1. The van der Waals surface area contributed by atoms with E-state index in [2.05, 4.69) is 0 Å². The van der Waals surface area contributed by atoms with E-state index in [4.69, 9.17) is 27.2 Å². The molecule has 0 amide bonds. The van der Waals surface area contributed by atoms with Crippen molar-refractivity contribution in [3.63, 3.8) is 0 Å². The Hall–Kier alpha value is -1.62. The lowest BCUT2D eigenvalue weighted by molar-refractivity contribution is 0.0692. The van der Waals surface area contributed by atoms with Crippen LogP contribution in [0, 0.1) is 6.92 Å². The molecule has 0 radical (unpaired) electrons. The zero-order valence-electron chi connectivity index (χ0n) is 8.17. The zero-order valence-corrected chi connectivity index (χ0v) is 8.92. The van der Waals surface area contributed by atoms with Crippen LogP contribution in [0.15, 0.2) is 0 Å². The van der Waals surface area contributed by atoms with Gasteiger partial charge in [-0.25, -0.2) is 4.79 Å². The van der Waals surface area contributed by atoms with Gasteiger partial charge in [0.05, 0.1) is 12.8 Å². The number of nitrogens with two attached hydrogens (primary N) is 1. The second-order valence-corrected chi connectivity index (χ2v) is 3.29. The van der Waals surface area contributed by atoms with Crippen molar-refractivity contribution in [2.75, 3.05) is 12.8 Å². The molecule has 0 heterocycles. The fraction of sp³-hybridized carbons (Fsp3) is 0.222. The van der Waals surface area contributed by atoms with Crippen LogP contribution in [-0.4, -0.2) is 23.3 Å². The molecule has 6 heteroatoms. The second kappa shape index (κ2) is 3.86. The molecule has 1 rings (SSSR count). The Morgan fingerprint density at radius 1 is 1.53 bits per heavy atom. The van der Waals surface area contributed by atoms with Crippen molar-refractivity contribution < 1.29 is 19.7 Å². The molecule has 1 aromatic rings. The first kappa shape index (κ1) is 11.5. The molecule has 82 valence electrons. The minimum atomic E-state index is -1.29. The van der Waals surface area contributed by atoms with Crippen molar-refractivity contribution in [2.24, 2.45) is 0 Å². The van der Waals surface area contributed by atoms with E-state index in [1.807, 2.05) is 0 Å². The van der Waals surface area contributed by atoms with Gasteiger partial charge in [-0.3, -0.25) is 0 Å². The molecule has 0 saturated heterocycles. The highest BCUT2D eigenvalue weighted by molar-refractivity contribution is 6.35. The van der Waals surface area contributed by atoms with Gasteiger partial charge in [0.15, 0.2) is 11.5 Å². The van der Waals surface area contributed by atoms with Gasteiger partial charge in [-0.1, -0.05) is 11.6 Å². The quantitative estimate of drug-likeness (QED) is 0.532. The molecule has 15 heavy (non-hydrogen) atoms. The highest BCUT2D eigenvalue weighted by atomic mass is 35.5. The Morgan fingerprint density at radius 3 is 2.47 bits per heavy atom. The SMILES string of the molecule is COc1c(O)c(C(=O)O)c(C)c(N)c1Cl. The monoisotopic (exact) mass is 231 g/mol. The van der Waals surface area contributed by atoms with Gasteiger partial charge < -0.3 is 20.7 Å². The summed E-state index contributed by atoms with van der Waals surface area (Å²) in [5, 5.41) is 18.5. The van der Waals surface area contributed by atoms with Crippen LogP contribution in [0.5, 0.6) is 11.5 Å². The Bertz CT molecular complexity index is 431. The number of anilines is 1. The number of phenols is 1. The van der Waals surface area contributed by atoms with Gasteiger partial charge in [-0.15, -0.1) is 0 Å². The van der Waals surface area contributed by atoms with Crippen molar-refractivity contribution in [1.29, 1.82) is 0 Å². The van der Waals surface area contributed by atoms with Crippen molar-refractivity contribution in [2.45, 2.75) is 6.92 Å². The molecule has 0 saturated carbocycles. The number of carboxylic acids is 1. The number of ether oxygens (including phenoxy) is 1. The maximum atomic E-state index is 10.9. The molecule has 0 aliphatic carbocycles. The summed E-state index contributed by atoms with van der Waals surface area (Å²) in [6, 6.07) is 0. The molecular weight excluding hydrogens is 222 g/mol. The predicted molar refractivity (Wildman–Crippen MR) is 55.8 cm³/mol. The third kappa shape index (κ3) is 1.66.